The molecule has 3 aromatic rings. The summed E-state index contributed by atoms with van der Waals surface area (Å²) in [7, 11) is 0. The van der Waals surface area contributed by atoms with Crippen molar-refractivity contribution in [3.63, 3.8) is 0 Å². The predicted octanol–water partition coefficient (Wildman–Crippen LogP) is 6.15. The Morgan fingerprint density at radius 3 is 1.35 bits per heavy atom. The highest BCUT2D eigenvalue weighted by molar-refractivity contribution is 6.19. The molecule has 0 bridgehead atoms. The monoisotopic (exact) mass is 661 g/mol. The minimum Gasteiger partial charge on any atom is -0.272 e. The topological polar surface area (TPSA) is 108 Å². The highest BCUT2D eigenvalue weighted by atomic mass is 19.2. The van der Waals surface area contributed by atoms with Gasteiger partial charge in [0, 0.05) is 29.5 Å². The van der Waals surface area contributed by atoms with Crippen LogP contribution in [0.1, 0.15) is 25.3 Å². The van der Waals surface area contributed by atoms with Crippen molar-refractivity contribution in [3.8, 4) is 0 Å². The maximum atomic E-state index is 14.7. The third kappa shape index (κ3) is 4.64. The molecule has 240 valence electrons. The van der Waals surface area contributed by atoms with E-state index in [2.05, 4.69) is 10.2 Å². The molecule has 19 heteroatoms. The summed E-state index contributed by atoms with van der Waals surface area (Å²) in [4.78, 5) is 38.0. The Kier molecular flexibility index (Phi) is 7.81. The molecule has 2 unspecified atom stereocenters. The number of amides is 2. The number of nitrogens with zero attached hydrogens (tertiary/aromatic N) is 5. The van der Waals surface area contributed by atoms with Crippen LogP contribution in [0.25, 0.3) is 0 Å². The number of nitro benzene ring substituents is 1. The first-order valence-corrected chi connectivity index (χ1v) is 12.6. The van der Waals surface area contributed by atoms with E-state index in [1.807, 2.05) is 0 Å². The number of hydrazone groups is 2. The molecule has 9 nitrogen and oxygen atoms in total. The lowest BCUT2D eigenvalue weighted by molar-refractivity contribution is -0.384. The molecule has 0 radical (unpaired) electrons. The first kappa shape index (κ1) is 32.0. The minimum atomic E-state index is -2.55. The van der Waals surface area contributed by atoms with Gasteiger partial charge in [0.1, 0.15) is 11.4 Å². The van der Waals surface area contributed by atoms with Crippen LogP contribution in [0.3, 0.4) is 0 Å². The second-order valence-electron chi connectivity index (χ2n) is 9.95. The number of hydrogen-bond acceptors (Lipinski definition) is 6. The van der Waals surface area contributed by atoms with E-state index in [-0.39, 0.29) is 15.6 Å². The number of benzene rings is 3. The Hall–Kier alpha value is -5.36. The zero-order valence-corrected chi connectivity index (χ0v) is 22.7. The highest BCUT2D eigenvalue weighted by Gasteiger charge is 2.52. The zero-order chi connectivity index (χ0) is 34.1. The predicted molar refractivity (Wildman–Crippen MR) is 136 cm³/mol. The van der Waals surface area contributed by atoms with E-state index in [0.29, 0.717) is 0 Å². The molecule has 2 heterocycles. The molecule has 0 N–H and O–H groups in total. The summed E-state index contributed by atoms with van der Waals surface area (Å²) in [5.41, 5.74) is -5.38. The van der Waals surface area contributed by atoms with Gasteiger partial charge in [-0.3, -0.25) is 19.7 Å². The van der Waals surface area contributed by atoms with Crippen LogP contribution >= 0.6 is 0 Å². The smallest absolute Gasteiger partial charge is 0.269 e. The molecule has 2 atom stereocenters. The Bertz CT molecular complexity index is 1780. The minimum absolute atomic E-state index is 0.172. The molecule has 0 spiro atoms. The molecule has 0 aromatic heterocycles. The van der Waals surface area contributed by atoms with Gasteiger partial charge in [-0.25, -0.2) is 43.9 Å². The van der Waals surface area contributed by atoms with Gasteiger partial charge < -0.3 is 0 Å². The van der Waals surface area contributed by atoms with Gasteiger partial charge in [0.05, 0.1) is 16.8 Å². The molecule has 0 aliphatic carbocycles. The Labute approximate surface area is 249 Å². The van der Waals surface area contributed by atoms with Crippen molar-refractivity contribution < 1.29 is 58.4 Å². The number of halogens is 10. The SMILES string of the molecule is CC1=NN(c2c(F)c(F)c(F)c(F)c2F)C(=O)C1C(c1cccc([N+](=O)[O-])c1)C1C(=O)N(c2c(F)c(F)c(F)c(F)c2F)N=C1C. The van der Waals surface area contributed by atoms with E-state index in [1.165, 1.54) is 0 Å². The average Bonchev–Trinajstić information content (AvgIpc) is 3.47. The fourth-order valence-electron chi connectivity index (χ4n) is 5.29. The summed E-state index contributed by atoms with van der Waals surface area (Å²) < 4.78 is 142. The van der Waals surface area contributed by atoms with Crippen molar-refractivity contribution in [2.45, 2.75) is 19.8 Å². The highest BCUT2D eigenvalue weighted by Crippen LogP contribution is 2.45. The van der Waals surface area contributed by atoms with Gasteiger partial charge in [0.15, 0.2) is 46.5 Å². The summed E-state index contributed by atoms with van der Waals surface area (Å²) in [6.07, 6.45) is 0. The number of non-ortho nitro benzene ring substituents is 1. The maximum absolute atomic E-state index is 14.7. The van der Waals surface area contributed by atoms with Crippen LogP contribution in [0, 0.1) is 80.1 Å². The van der Waals surface area contributed by atoms with Crippen LogP contribution in [0.4, 0.5) is 61.0 Å². The van der Waals surface area contributed by atoms with Gasteiger partial charge in [0.2, 0.25) is 11.6 Å². The fourth-order valence-corrected chi connectivity index (χ4v) is 5.29. The number of hydrogen-bond donors (Lipinski definition) is 0. The Morgan fingerprint density at radius 2 is 1.00 bits per heavy atom. The molecular weight excluding hydrogens is 648 g/mol. The van der Waals surface area contributed by atoms with E-state index >= 15 is 0 Å². The van der Waals surface area contributed by atoms with Gasteiger partial charge >= 0.3 is 0 Å². The summed E-state index contributed by atoms with van der Waals surface area (Å²) in [6, 6.07) is 4.04. The molecule has 5 rings (SSSR count). The molecule has 0 saturated heterocycles. The van der Waals surface area contributed by atoms with Crippen molar-refractivity contribution in [1.82, 2.24) is 0 Å². The largest absolute Gasteiger partial charge is 0.272 e. The summed E-state index contributed by atoms with van der Waals surface area (Å²) in [6.45, 7) is 2.07. The van der Waals surface area contributed by atoms with Crippen molar-refractivity contribution in [2.24, 2.45) is 22.0 Å². The van der Waals surface area contributed by atoms with Gasteiger partial charge in [-0.15, -0.1) is 0 Å². The molecule has 46 heavy (non-hydrogen) atoms. The average molecular weight is 661 g/mol. The van der Waals surface area contributed by atoms with E-state index in [4.69, 9.17) is 0 Å². The van der Waals surface area contributed by atoms with Crippen LogP contribution in [-0.4, -0.2) is 28.2 Å². The molecule has 2 amide bonds. The molecule has 0 saturated carbocycles. The maximum Gasteiger partial charge on any atom is 0.269 e. The number of anilines is 2. The summed E-state index contributed by atoms with van der Waals surface area (Å²) in [5.74, 6) is -33.3. The van der Waals surface area contributed by atoms with Crippen LogP contribution in [-0.2, 0) is 9.59 Å². The van der Waals surface area contributed by atoms with Gasteiger partial charge in [-0.05, 0) is 19.4 Å². The Balaban J connectivity index is 1.68. The lowest BCUT2D eigenvalue weighted by Crippen LogP contribution is -2.41. The Morgan fingerprint density at radius 1 is 0.652 bits per heavy atom. The van der Waals surface area contributed by atoms with Crippen LogP contribution in [0.5, 0.6) is 0 Å². The molecule has 3 aromatic carbocycles. The third-order valence-corrected chi connectivity index (χ3v) is 7.35. The third-order valence-electron chi connectivity index (χ3n) is 7.35. The van der Waals surface area contributed by atoms with E-state index in [1.54, 1.807) is 0 Å². The first-order valence-electron chi connectivity index (χ1n) is 12.6. The lowest BCUT2D eigenvalue weighted by atomic mass is 9.73. The first-order chi connectivity index (χ1) is 21.5. The second kappa shape index (κ2) is 11.2. The molecule has 2 aliphatic rings. The molecule has 0 fully saturated rings. The van der Waals surface area contributed by atoms with E-state index < -0.39 is 121 Å². The number of rotatable bonds is 6. The number of carbonyl (C=O) groups excluding carboxylic acids is 2. The van der Waals surface area contributed by atoms with E-state index in [0.717, 1.165) is 38.1 Å². The fraction of sp³-hybridized carbons (Fsp3) is 0.185. The van der Waals surface area contributed by atoms with Crippen LogP contribution in [0.15, 0.2) is 34.5 Å². The van der Waals surface area contributed by atoms with Crippen LogP contribution in [0.2, 0.25) is 0 Å². The normalized spacial score (nSPS) is 18.8. The molecular formula is C27H13F10N5O4. The van der Waals surface area contributed by atoms with Gasteiger partial charge in [-0.1, -0.05) is 12.1 Å². The van der Waals surface area contributed by atoms with Gasteiger partial charge in [0.25, 0.3) is 17.5 Å². The summed E-state index contributed by atoms with van der Waals surface area (Å²) in [5, 5.41) is 18.4. The van der Waals surface area contributed by atoms with Crippen LogP contribution < -0.4 is 10.0 Å². The second-order valence-corrected chi connectivity index (χ2v) is 9.95. The number of carbonyl (C=O) groups is 2. The van der Waals surface area contributed by atoms with Gasteiger partial charge in [-0.2, -0.15) is 20.2 Å². The zero-order valence-electron chi connectivity index (χ0n) is 22.7. The quantitative estimate of drug-likeness (QED) is 0.104. The summed E-state index contributed by atoms with van der Waals surface area (Å²) >= 11 is 0. The van der Waals surface area contributed by atoms with Crippen molar-refractivity contribution >= 4 is 40.3 Å². The van der Waals surface area contributed by atoms with Crippen molar-refractivity contribution in [3.05, 3.63) is 98.1 Å². The van der Waals surface area contributed by atoms with Crippen molar-refractivity contribution in [2.75, 3.05) is 10.0 Å². The lowest BCUT2D eigenvalue weighted by Gasteiger charge is -2.28. The van der Waals surface area contributed by atoms with Crippen molar-refractivity contribution in [1.29, 1.82) is 0 Å². The standard InChI is InChI=1S/C27H13F10N5O4/c1-7-11(26(43)40(38-7)24-20(34)16(30)14(28)17(31)21(24)35)13(9-4-3-5-10(6-9)42(45)46)12-8(2)39-41(27(12)44)25-22(36)18(32)15(29)19(33)23(25)37/h3-6,11-13H,1-2H3. The number of nitro groups is 1. The van der Waals surface area contributed by atoms with E-state index in [9.17, 15) is 63.6 Å². The molecule has 2 aliphatic heterocycles.